The van der Waals surface area contributed by atoms with Gasteiger partial charge in [-0.3, -0.25) is 14.3 Å². The van der Waals surface area contributed by atoms with Crippen molar-refractivity contribution in [3.63, 3.8) is 0 Å². The van der Waals surface area contributed by atoms with Crippen LogP contribution in [-0.2, 0) is 4.79 Å². The minimum absolute atomic E-state index is 0.149. The monoisotopic (exact) mass is 506 g/mol. The van der Waals surface area contributed by atoms with Crippen molar-refractivity contribution < 1.29 is 4.79 Å². The number of halogens is 1. The predicted molar refractivity (Wildman–Crippen MR) is 130 cm³/mol. The highest BCUT2D eigenvalue weighted by molar-refractivity contribution is 9.10. The molecule has 2 aromatic heterocycles. The zero-order chi connectivity index (χ0) is 22.3. The van der Waals surface area contributed by atoms with E-state index in [-0.39, 0.29) is 11.7 Å². The molecule has 4 aromatic rings. The summed E-state index contributed by atoms with van der Waals surface area (Å²) in [7, 11) is 0. The van der Waals surface area contributed by atoms with Crippen LogP contribution in [0.1, 0.15) is 12.5 Å². The SMILES string of the molecule is CC(=NNC(=O)CSc1nnc(-c2ccccc2)n1-c1ccc(Br)cc1)c1ccncc1. The molecule has 0 aliphatic heterocycles. The third-order valence-corrected chi connectivity index (χ3v) is 5.99. The first kappa shape index (κ1) is 21.9. The number of hydrazone groups is 1. The molecule has 2 heterocycles. The van der Waals surface area contributed by atoms with Crippen molar-refractivity contribution in [2.24, 2.45) is 5.10 Å². The number of pyridine rings is 1. The highest BCUT2D eigenvalue weighted by Crippen LogP contribution is 2.28. The van der Waals surface area contributed by atoms with Crippen LogP contribution in [-0.4, -0.2) is 37.1 Å². The lowest BCUT2D eigenvalue weighted by molar-refractivity contribution is -0.118. The third-order valence-electron chi connectivity index (χ3n) is 4.53. The smallest absolute Gasteiger partial charge is 0.250 e. The zero-order valence-electron chi connectivity index (χ0n) is 17.1. The number of aromatic nitrogens is 4. The van der Waals surface area contributed by atoms with E-state index < -0.39 is 0 Å². The fourth-order valence-electron chi connectivity index (χ4n) is 2.93. The van der Waals surface area contributed by atoms with Crippen LogP contribution in [0.3, 0.4) is 0 Å². The lowest BCUT2D eigenvalue weighted by Gasteiger charge is -2.10. The Morgan fingerprint density at radius 2 is 1.75 bits per heavy atom. The van der Waals surface area contributed by atoms with E-state index in [1.165, 1.54) is 11.8 Å². The maximum Gasteiger partial charge on any atom is 0.250 e. The first-order valence-corrected chi connectivity index (χ1v) is 11.5. The van der Waals surface area contributed by atoms with E-state index in [1.807, 2.05) is 78.2 Å². The number of thioether (sulfide) groups is 1. The van der Waals surface area contributed by atoms with Gasteiger partial charge in [-0.15, -0.1) is 10.2 Å². The number of rotatable bonds is 7. The van der Waals surface area contributed by atoms with E-state index in [0.717, 1.165) is 21.3 Å². The number of benzene rings is 2. The van der Waals surface area contributed by atoms with Gasteiger partial charge in [-0.1, -0.05) is 58.0 Å². The molecular formula is C23H19BrN6OS. The Morgan fingerprint density at radius 3 is 2.47 bits per heavy atom. The summed E-state index contributed by atoms with van der Waals surface area (Å²) in [6.45, 7) is 1.83. The van der Waals surface area contributed by atoms with Gasteiger partial charge in [0.25, 0.3) is 5.91 Å². The van der Waals surface area contributed by atoms with E-state index in [2.05, 4.69) is 41.6 Å². The van der Waals surface area contributed by atoms with Crippen LogP contribution in [0.4, 0.5) is 0 Å². The number of carbonyl (C=O) groups excluding carboxylic acids is 1. The van der Waals surface area contributed by atoms with Crippen molar-refractivity contribution in [3.8, 4) is 17.1 Å². The summed E-state index contributed by atoms with van der Waals surface area (Å²) in [5.41, 5.74) is 6.05. The lowest BCUT2D eigenvalue weighted by Crippen LogP contribution is -2.21. The number of nitrogens with one attached hydrogen (secondary N) is 1. The van der Waals surface area contributed by atoms with Crippen molar-refractivity contribution >= 4 is 39.3 Å². The second-order valence-electron chi connectivity index (χ2n) is 6.74. The van der Waals surface area contributed by atoms with Gasteiger partial charge in [-0.25, -0.2) is 5.43 Å². The van der Waals surface area contributed by atoms with Crippen LogP contribution in [0.25, 0.3) is 17.1 Å². The Hall–Kier alpha value is -3.30. The summed E-state index contributed by atoms with van der Waals surface area (Å²) in [5.74, 6) is 0.633. The van der Waals surface area contributed by atoms with Crippen LogP contribution >= 0.6 is 27.7 Å². The minimum Gasteiger partial charge on any atom is -0.272 e. The molecule has 1 N–H and O–H groups in total. The maximum atomic E-state index is 12.4. The lowest BCUT2D eigenvalue weighted by atomic mass is 10.2. The van der Waals surface area contributed by atoms with Gasteiger partial charge in [-0.2, -0.15) is 5.10 Å². The molecule has 4 rings (SSSR count). The van der Waals surface area contributed by atoms with Crippen LogP contribution in [0.2, 0.25) is 0 Å². The molecule has 0 unspecified atom stereocenters. The van der Waals surface area contributed by atoms with E-state index in [9.17, 15) is 4.79 Å². The molecule has 32 heavy (non-hydrogen) atoms. The van der Waals surface area contributed by atoms with Gasteiger partial charge in [0, 0.05) is 33.7 Å². The van der Waals surface area contributed by atoms with Gasteiger partial charge in [-0.05, 0) is 43.3 Å². The predicted octanol–water partition coefficient (Wildman–Crippen LogP) is 4.72. The second kappa shape index (κ2) is 10.3. The van der Waals surface area contributed by atoms with Gasteiger partial charge in [0.1, 0.15) is 0 Å². The van der Waals surface area contributed by atoms with Crippen molar-refractivity contribution in [1.82, 2.24) is 25.2 Å². The highest BCUT2D eigenvalue weighted by atomic mass is 79.9. The maximum absolute atomic E-state index is 12.4. The Balaban J connectivity index is 1.53. The normalized spacial score (nSPS) is 11.4. The topological polar surface area (TPSA) is 85.1 Å². The van der Waals surface area contributed by atoms with E-state index in [4.69, 9.17) is 0 Å². The van der Waals surface area contributed by atoms with Crippen LogP contribution in [0.15, 0.2) is 93.9 Å². The number of hydrogen-bond acceptors (Lipinski definition) is 6. The van der Waals surface area contributed by atoms with Crippen molar-refractivity contribution in [3.05, 3.63) is 89.2 Å². The fraction of sp³-hybridized carbons (Fsp3) is 0.0870. The average Bonchev–Trinajstić information content (AvgIpc) is 3.27. The largest absolute Gasteiger partial charge is 0.272 e. The summed E-state index contributed by atoms with van der Waals surface area (Å²) < 4.78 is 2.93. The Bertz CT molecular complexity index is 1230. The standard InChI is InChI=1S/C23H19BrN6OS/c1-16(17-11-13-25-14-12-17)26-27-21(31)15-32-23-29-28-22(18-5-3-2-4-6-18)30(23)20-9-7-19(24)8-10-20/h2-14H,15H2,1H3,(H,27,31). The molecule has 2 aromatic carbocycles. The number of nitrogens with zero attached hydrogens (tertiary/aromatic N) is 5. The molecule has 1 amide bonds. The molecule has 7 nitrogen and oxygen atoms in total. The van der Waals surface area contributed by atoms with Crippen LogP contribution in [0.5, 0.6) is 0 Å². The Kier molecular flexibility index (Phi) is 7.08. The highest BCUT2D eigenvalue weighted by Gasteiger charge is 2.17. The summed E-state index contributed by atoms with van der Waals surface area (Å²) in [4.78, 5) is 16.4. The van der Waals surface area contributed by atoms with Gasteiger partial charge in [0.05, 0.1) is 11.5 Å². The zero-order valence-corrected chi connectivity index (χ0v) is 19.5. The quantitative estimate of drug-likeness (QED) is 0.222. The molecule has 0 saturated carbocycles. The van der Waals surface area contributed by atoms with E-state index in [1.54, 1.807) is 12.4 Å². The fourth-order valence-corrected chi connectivity index (χ4v) is 3.94. The van der Waals surface area contributed by atoms with Crippen LogP contribution in [0, 0.1) is 0 Å². The molecule has 0 bridgehead atoms. The van der Waals surface area contributed by atoms with Crippen LogP contribution < -0.4 is 5.43 Å². The molecule has 0 atom stereocenters. The third kappa shape index (κ3) is 5.30. The summed E-state index contributed by atoms with van der Waals surface area (Å²) in [6.07, 6.45) is 3.37. The van der Waals surface area contributed by atoms with Gasteiger partial charge >= 0.3 is 0 Å². The first-order valence-electron chi connectivity index (χ1n) is 9.75. The second-order valence-corrected chi connectivity index (χ2v) is 8.60. The molecule has 9 heteroatoms. The van der Waals surface area contributed by atoms with Gasteiger partial charge < -0.3 is 0 Å². The van der Waals surface area contributed by atoms with Gasteiger partial charge in [0.15, 0.2) is 11.0 Å². The summed E-state index contributed by atoms with van der Waals surface area (Å²) in [5, 5.41) is 13.5. The summed E-state index contributed by atoms with van der Waals surface area (Å²) in [6, 6.07) is 21.4. The summed E-state index contributed by atoms with van der Waals surface area (Å²) >= 11 is 4.78. The first-order chi connectivity index (χ1) is 15.6. The molecule has 0 saturated heterocycles. The van der Waals surface area contributed by atoms with E-state index >= 15 is 0 Å². The molecule has 0 aliphatic carbocycles. The Morgan fingerprint density at radius 1 is 1.03 bits per heavy atom. The molecule has 160 valence electrons. The number of carbonyl (C=O) groups is 1. The molecular weight excluding hydrogens is 488 g/mol. The average molecular weight is 507 g/mol. The number of hydrogen-bond donors (Lipinski definition) is 1. The molecule has 0 fully saturated rings. The molecule has 0 radical (unpaired) electrons. The molecule has 0 spiro atoms. The minimum atomic E-state index is -0.227. The van der Waals surface area contributed by atoms with Gasteiger partial charge in [0.2, 0.25) is 0 Å². The van der Waals surface area contributed by atoms with E-state index in [0.29, 0.717) is 16.7 Å². The van der Waals surface area contributed by atoms with Crippen molar-refractivity contribution in [2.75, 3.05) is 5.75 Å². The van der Waals surface area contributed by atoms with Crippen molar-refractivity contribution in [1.29, 1.82) is 0 Å². The van der Waals surface area contributed by atoms with Crippen molar-refractivity contribution in [2.45, 2.75) is 12.1 Å². The number of amides is 1. The molecule has 0 aliphatic rings. The Labute approximate surface area is 198 Å².